The van der Waals surface area contributed by atoms with Gasteiger partial charge in [-0.25, -0.2) is 0 Å². The molecule has 16 heavy (non-hydrogen) atoms. The molecule has 0 saturated heterocycles. The highest BCUT2D eigenvalue weighted by Crippen LogP contribution is 2.36. The van der Waals surface area contributed by atoms with Crippen molar-refractivity contribution in [3.8, 4) is 0 Å². The summed E-state index contributed by atoms with van der Waals surface area (Å²) in [6, 6.07) is 4.15. The third-order valence-corrected chi connectivity index (χ3v) is 3.44. The smallest absolute Gasteiger partial charge is 0.133 e. The molecule has 2 unspecified atom stereocenters. The van der Waals surface area contributed by atoms with Gasteiger partial charge in [-0.3, -0.25) is 0 Å². The van der Waals surface area contributed by atoms with E-state index in [2.05, 4.69) is 19.2 Å². The van der Waals surface area contributed by atoms with Crippen molar-refractivity contribution in [2.75, 3.05) is 6.54 Å². The minimum atomic E-state index is -0.529. The van der Waals surface area contributed by atoms with E-state index < -0.39 is 6.10 Å². The third-order valence-electron chi connectivity index (χ3n) is 3.44. The molecule has 1 saturated carbocycles. The fraction of sp³-hybridized carbons (Fsp3) is 0.692. The molecule has 0 bridgehead atoms. The van der Waals surface area contributed by atoms with Crippen LogP contribution in [0.25, 0.3) is 0 Å². The van der Waals surface area contributed by atoms with Crippen LogP contribution in [0.4, 0.5) is 0 Å². The molecule has 1 aromatic rings. The summed E-state index contributed by atoms with van der Waals surface area (Å²) in [5, 5.41) is 13.3. The van der Waals surface area contributed by atoms with Gasteiger partial charge < -0.3 is 14.8 Å². The Morgan fingerprint density at radius 3 is 3.00 bits per heavy atom. The van der Waals surface area contributed by atoms with Crippen LogP contribution in [0, 0.1) is 5.41 Å². The van der Waals surface area contributed by atoms with Crippen molar-refractivity contribution >= 4 is 0 Å². The van der Waals surface area contributed by atoms with E-state index in [1.54, 1.807) is 12.3 Å². The number of aliphatic hydroxyl groups is 1. The summed E-state index contributed by atoms with van der Waals surface area (Å²) >= 11 is 0. The number of furan rings is 1. The monoisotopic (exact) mass is 223 g/mol. The molecule has 0 amide bonds. The molecule has 0 aromatic carbocycles. The largest absolute Gasteiger partial charge is 0.467 e. The lowest BCUT2D eigenvalue weighted by Crippen LogP contribution is -2.31. The molecule has 2 rings (SSSR count). The average molecular weight is 223 g/mol. The molecule has 2 N–H and O–H groups in total. The van der Waals surface area contributed by atoms with Gasteiger partial charge in [0, 0.05) is 12.6 Å². The fourth-order valence-electron chi connectivity index (χ4n) is 2.47. The highest BCUT2D eigenvalue weighted by molar-refractivity contribution is 5.02. The summed E-state index contributed by atoms with van der Waals surface area (Å²) in [7, 11) is 0. The minimum absolute atomic E-state index is 0.452. The van der Waals surface area contributed by atoms with Crippen LogP contribution in [0.2, 0.25) is 0 Å². The Labute approximate surface area is 96.8 Å². The first-order valence-corrected chi connectivity index (χ1v) is 6.02. The molecule has 3 nitrogen and oxygen atoms in total. The fourth-order valence-corrected chi connectivity index (χ4v) is 2.47. The Balaban J connectivity index is 1.76. The van der Waals surface area contributed by atoms with E-state index in [1.165, 1.54) is 19.3 Å². The topological polar surface area (TPSA) is 45.4 Å². The molecule has 1 aliphatic carbocycles. The van der Waals surface area contributed by atoms with E-state index >= 15 is 0 Å². The van der Waals surface area contributed by atoms with E-state index in [4.69, 9.17) is 4.42 Å². The second-order valence-electron chi connectivity index (χ2n) is 5.54. The van der Waals surface area contributed by atoms with Gasteiger partial charge in [-0.05, 0) is 36.8 Å². The number of nitrogens with one attached hydrogen (secondary N) is 1. The maximum absolute atomic E-state index is 9.84. The molecular formula is C13H21NO2. The van der Waals surface area contributed by atoms with Gasteiger partial charge in [-0.1, -0.05) is 13.8 Å². The highest BCUT2D eigenvalue weighted by atomic mass is 16.4. The molecule has 1 aliphatic rings. The number of aliphatic hydroxyl groups excluding tert-OH is 1. The summed E-state index contributed by atoms with van der Waals surface area (Å²) in [5.41, 5.74) is 0.452. The van der Waals surface area contributed by atoms with Gasteiger partial charge in [-0.2, -0.15) is 0 Å². The summed E-state index contributed by atoms with van der Waals surface area (Å²) in [4.78, 5) is 0. The van der Waals surface area contributed by atoms with Crippen molar-refractivity contribution in [3.05, 3.63) is 24.2 Å². The molecule has 2 atom stereocenters. The van der Waals surface area contributed by atoms with Gasteiger partial charge in [0.05, 0.1) is 6.26 Å². The van der Waals surface area contributed by atoms with E-state index in [9.17, 15) is 5.11 Å². The Morgan fingerprint density at radius 2 is 2.44 bits per heavy atom. The Hall–Kier alpha value is -0.800. The zero-order valence-corrected chi connectivity index (χ0v) is 10.1. The van der Waals surface area contributed by atoms with Crippen LogP contribution in [-0.2, 0) is 0 Å². The van der Waals surface area contributed by atoms with Crippen LogP contribution in [0.1, 0.15) is 45.0 Å². The molecule has 1 heterocycles. The van der Waals surface area contributed by atoms with Crippen molar-refractivity contribution in [2.24, 2.45) is 5.41 Å². The SMILES string of the molecule is CC1(C)CCC(NCC(O)c2ccco2)C1. The quantitative estimate of drug-likeness (QED) is 0.824. The summed E-state index contributed by atoms with van der Waals surface area (Å²) in [6.07, 6.45) is 4.73. The Kier molecular flexibility index (Phi) is 3.36. The number of rotatable bonds is 4. The molecule has 3 heteroatoms. The van der Waals surface area contributed by atoms with Gasteiger partial charge in [0.25, 0.3) is 0 Å². The first-order valence-electron chi connectivity index (χ1n) is 6.02. The predicted molar refractivity (Wildman–Crippen MR) is 63.1 cm³/mol. The normalized spacial score (nSPS) is 25.8. The standard InChI is InChI=1S/C13H21NO2/c1-13(2)6-5-10(8-13)14-9-11(15)12-4-3-7-16-12/h3-4,7,10-11,14-15H,5-6,8-9H2,1-2H3. The Bertz CT molecular complexity index is 319. The lowest BCUT2D eigenvalue weighted by atomic mass is 9.92. The third kappa shape index (κ3) is 2.86. The molecule has 0 spiro atoms. The van der Waals surface area contributed by atoms with Crippen molar-refractivity contribution < 1.29 is 9.52 Å². The van der Waals surface area contributed by atoms with Crippen LogP contribution in [0.3, 0.4) is 0 Å². The van der Waals surface area contributed by atoms with Crippen molar-refractivity contribution in [2.45, 2.75) is 45.3 Å². The second kappa shape index (κ2) is 4.60. The number of hydrogen-bond acceptors (Lipinski definition) is 3. The van der Waals surface area contributed by atoms with Crippen molar-refractivity contribution in [1.82, 2.24) is 5.32 Å². The van der Waals surface area contributed by atoms with Crippen LogP contribution in [0.5, 0.6) is 0 Å². The zero-order chi connectivity index (χ0) is 11.6. The van der Waals surface area contributed by atoms with Crippen molar-refractivity contribution in [1.29, 1.82) is 0 Å². The first kappa shape index (κ1) is 11.7. The van der Waals surface area contributed by atoms with Gasteiger partial charge in [0.2, 0.25) is 0 Å². The molecule has 90 valence electrons. The van der Waals surface area contributed by atoms with Crippen LogP contribution in [0.15, 0.2) is 22.8 Å². The van der Waals surface area contributed by atoms with Crippen LogP contribution >= 0.6 is 0 Å². The van der Waals surface area contributed by atoms with Crippen LogP contribution < -0.4 is 5.32 Å². The van der Waals surface area contributed by atoms with E-state index in [-0.39, 0.29) is 0 Å². The van der Waals surface area contributed by atoms with Gasteiger partial charge in [-0.15, -0.1) is 0 Å². The van der Waals surface area contributed by atoms with Gasteiger partial charge in [0.1, 0.15) is 11.9 Å². The summed E-state index contributed by atoms with van der Waals surface area (Å²) in [6.45, 7) is 5.18. The number of hydrogen-bond donors (Lipinski definition) is 2. The van der Waals surface area contributed by atoms with E-state index in [0.717, 1.165) is 0 Å². The lowest BCUT2D eigenvalue weighted by molar-refractivity contribution is 0.143. The molecule has 0 radical (unpaired) electrons. The maximum atomic E-state index is 9.84. The first-order chi connectivity index (χ1) is 7.57. The molecular weight excluding hydrogens is 202 g/mol. The van der Waals surface area contributed by atoms with Crippen LogP contribution in [-0.4, -0.2) is 17.7 Å². The predicted octanol–water partition coefficient (Wildman–Crippen LogP) is 2.48. The lowest BCUT2D eigenvalue weighted by Gasteiger charge is -2.18. The van der Waals surface area contributed by atoms with E-state index in [1.807, 2.05) is 6.07 Å². The average Bonchev–Trinajstić information content (AvgIpc) is 2.83. The van der Waals surface area contributed by atoms with E-state index in [0.29, 0.717) is 23.8 Å². The maximum Gasteiger partial charge on any atom is 0.133 e. The van der Waals surface area contributed by atoms with Gasteiger partial charge in [0.15, 0.2) is 0 Å². The van der Waals surface area contributed by atoms with Crippen molar-refractivity contribution in [3.63, 3.8) is 0 Å². The van der Waals surface area contributed by atoms with Gasteiger partial charge >= 0.3 is 0 Å². The summed E-state index contributed by atoms with van der Waals surface area (Å²) in [5.74, 6) is 0.643. The molecule has 0 aliphatic heterocycles. The molecule has 1 fully saturated rings. The second-order valence-corrected chi connectivity index (χ2v) is 5.54. The Morgan fingerprint density at radius 1 is 1.62 bits per heavy atom. The highest BCUT2D eigenvalue weighted by Gasteiger charge is 2.30. The minimum Gasteiger partial charge on any atom is -0.467 e. The summed E-state index contributed by atoms with van der Waals surface area (Å²) < 4.78 is 5.16. The molecule has 1 aromatic heterocycles. The zero-order valence-electron chi connectivity index (χ0n) is 10.1.